The maximum Gasteiger partial charge on any atom is 0.410 e. The summed E-state index contributed by atoms with van der Waals surface area (Å²) in [5.41, 5.74) is 0.430. The zero-order valence-corrected chi connectivity index (χ0v) is 22.2. The van der Waals surface area contributed by atoms with E-state index in [1.165, 1.54) is 12.1 Å². The molecule has 5 nitrogen and oxygen atoms in total. The Morgan fingerprint density at radius 2 is 1.88 bits per heavy atom. The molecule has 0 aliphatic carbocycles. The molecule has 1 aliphatic heterocycles. The fourth-order valence-corrected chi connectivity index (χ4v) is 4.52. The Labute approximate surface area is 194 Å². The second kappa shape index (κ2) is 10.6. The molecule has 182 valence electrons. The van der Waals surface area contributed by atoms with Gasteiger partial charge in [0.25, 0.3) is 0 Å². The van der Waals surface area contributed by atoms with E-state index in [4.69, 9.17) is 13.9 Å². The molecule has 1 aromatic carbocycles. The summed E-state index contributed by atoms with van der Waals surface area (Å²) in [4.78, 5) is 14.2. The van der Waals surface area contributed by atoms with Crippen LogP contribution in [0.5, 0.6) is 5.75 Å². The highest BCUT2D eigenvalue weighted by molar-refractivity contribution is 6.74. The van der Waals surface area contributed by atoms with Crippen molar-refractivity contribution in [3.05, 3.63) is 29.6 Å². The summed E-state index contributed by atoms with van der Waals surface area (Å²) in [6.07, 6.45) is 3.05. The Morgan fingerprint density at radius 3 is 2.50 bits per heavy atom. The van der Waals surface area contributed by atoms with Crippen LogP contribution in [0.1, 0.15) is 66.4 Å². The molecule has 1 amide bonds. The van der Waals surface area contributed by atoms with Crippen LogP contribution < -0.4 is 4.74 Å². The van der Waals surface area contributed by atoms with Crippen LogP contribution in [0, 0.1) is 5.82 Å². The van der Waals surface area contributed by atoms with Crippen LogP contribution in [0.4, 0.5) is 9.18 Å². The van der Waals surface area contributed by atoms with E-state index in [0.29, 0.717) is 25.5 Å². The number of amides is 1. The third-order valence-corrected chi connectivity index (χ3v) is 10.9. The Morgan fingerprint density at radius 1 is 1.19 bits per heavy atom. The Hall–Kier alpha value is -1.60. The molecule has 0 unspecified atom stereocenters. The van der Waals surface area contributed by atoms with E-state index < -0.39 is 13.9 Å². The van der Waals surface area contributed by atoms with Crippen molar-refractivity contribution in [1.29, 1.82) is 0 Å². The van der Waals surface area contributed by atoms with Gasteiger partial charge in [0.15, 0.2) is 8.32 Å². The molecule has 32 heavy (non-hydrogen) atoms. The third-order valence-electron chi connectivity index (χ3n) is 6.33. The van der Waals surface area contributed by atoms with Gasteiger partial charge in [-0.2, -0.15) is 0 Å². The molecular formula is C25H42FNO4Si. The molecule has 1 aliphatic rings. The molecule has 1 heterocycles. The standard InChI is InChI=1S/C25H42FNO4Si/c1-24(2,3)31-23(28)27-15-9-12-21(27)18-29-22-17-20(26)14-13-19(22)11-10-16-30-32(7,8)25(4,5)6/h13-14,17,21H,9-12,15-16,18H2,1-8H3/t21-/m0/s1. The fourth-order valence-electron chi connectivity index (χ4n) is 3.43. The number of halogens is 1. The summed E-state index contributed by atoms with van der Waals surface area (Å²) in [7, 11) is -1.77. The number of ether oxygens (including phenoxy) is 2. The van der Waals surface area contributed by atoms with Crippen LogP contribution in [0.25, 0.3) is 0 Å². The molecule has 2 rings (SSSR count). The van der Waals surface area contributed by atoms with E-state index in [0.717, 1.165) is 31.2 Å². The van der Waals surface area contributed by atoms with E-state index in [1.807, 2.05) is 20.8 Å². The van der Waals surface area contributed by atoms with Gasteiger partial charge in [-0.1, -0.05) is 26.8 Å². The van der Waals surface area contributed by atoms with Crippen molar-refractivity contribution >= 4 is 14.4 Å². The fraction of sp³-hybridized carbons (Fsp3) is 0.720. The van der Waals surface area contributed by atoms with Crippen LogP contribution in [-0.4, -0.2) is 50.7 Å². The number of benzene rings is 1. The Balaban J connectivity index is 1.95. The number of nitrogens with zero attached hydrogens (tertiary/aromatic N) is 1. The van der Waals surface area contributed by atoms with Gasteiger partial charge >= 0.3 is 6.09 Å². The normalized spacial score (nSPS) is 17.5. The van der Waals surface area contributed by atoms with Gasteiger partial charge < -0.3 is 18.8 Å². The average Bonchev–Trinajstić information content (AvgIpc) is 3.11. The van der Waals surface area contributed by atoms with Crippen LogP contribution in [0.15, 0.2) is 18.2 Å². The molecule has 0 spiro atoms. The molecule has 1 fully saturated rings. The van der Waals surface area contributed by atoms with E-state index in [2.05, 4.69) is 33.9 Å². The van der Waals surface area contributed by atoms with E-state index in [-0.39, 0.29) is 23.0 Å². The summed E-state index contributed by atoms with van der Waals surface area (Å²) in [5.74, 6) is 0.227. The molecule has 0 radical (unpaired) electrons. The van der Waals surface area contributed by atoms with Crippen molar-refractivity contribution in [2.45, 2.75) is 97.0 Å². The van der Waals surface area contributed by atoms with Crippen molar-refractivity contribution in [3.63, 3.8) is 0 Å². The van der Waals surface area contributed by atoms with Gasteiger partial charge in [0.05, 0.1) is 6.04 Å². The van der Waals surface area contributed by atoms with Crippen molar-refractivity contribution in [2.75, 3.05) is 19.8 Å². The average molecular weight is 468 g/mol. The summed E-state index contributed by atoms with van der Waals surface area (Å²) < 4.78 is 31.8. The highest BCUT2D eigenvalue weighted by atomic mass is 28.4. The SMILES string of the molecule is CC(C)(C)OC(=O)N1CCC[C@H]1COc1cc(F)ccc1CCCO[Si](C)(C)C(C)(C)C. The maximum atomic E-state index is 13.9. The number of hydrogen-bond acceptors (Lipinski definition) is 4. The lowest BCUT2D eigenvalue weighted by atomic mass is 10.1. The lowest BCUT2D eigenvalue weighted by Crippen LogP contribution is -2.42. The summed E-state index contributed by atoms with van der Waals surface area (Å²) >= 11 is 0. The first-order chi connectivity index (χ1) is 14.7. The van der Waals surface area contributed by atoms with E-state index in [9.17, 15) is 9.18 Å². The van der Waals surface area contributed by atoms with Gasteiger partial charge in [-0.05, 0) is 76.2 Å². The van der Waals surface area contributed by atoms with Gasteiger partial charge in [0.1, 0.15) is 23.8 Å². The monoisotopic (exact) mass is 467 g/mol. The van der Waals surface area contributed by atoms with Gasteiger partial charge in [0.2, 0.25) is 0 Å². The quantitative estimate of drug-likeness (QED) is 0.321. The lowest BCUT2D eigenvalue weighted by molar-refractivity contribution is 0.0187. The minimum atomic E-state index is -1.77. The molecule has 0 aromatic heterocycles. The minimum absolute atomic E-state index is 0.0668. The lowest BCUT2D eigenvalue weighted by Gasteiger charge is -2.36. The molecule has 1 saturated heterocycles. The molecule has 0 N–H and O–H groups in total. The van der Waals surface area contributed by atoms with Gasteiger partial charge in [-0.25, -0.2) is 9.18 Å². The third kappa shape index (κ3) is 7.76. The van der Waals surface area contributed by atoms with Gasteiger partial charge in [-0.3, -0.25) is 0 Å². The van der Waals surface area contributed by atoms with E-state index in [1.54, 1.807) is 11.0 Å². The second-order valence-corrected chi connectivity index (χ2v) is 16.1. The van der Waals surface area contributed by atoms with Crippen LogP contribution >= 0.6 is 0 Å². The molecule has 7 heteroatoms. The first kappa shape index (κ1) is 26.6. The summed E-state index contributed by atoms with van der Waals surface area (Å²) in [6.45, 7) is 18.4. The molecule has 0 saturated carbocycles. The first-order valence-corrected chi connectivity index (χ1v) is 14.7. The topological polar surface area (TPSA) is 48.0 Å². The summed E-state index contributed by atoms with van der Waals surface area (Å²) in [5, 5.41) is 0.179. The van der Waals surface area contributed by atoms with Crippen molar-refractivity contribution in [2.24, 2.45) is 0 Å². The minimum Gasteiger partial charge on any atom is -0.491 e. The second-order valence-electron chi connectivity index (χ2n) is 11.2. The number of rotatable bonds is 8. The predicted molar refractivity (Wildman–Crippen MR) is 129 cm³/mol. The maximum absolute atomic E-state index is 13.9. The number of carbonyl (C=O) groups excluding carboxylic acids is 1. The summed E-state index contributed by atoms with van der Waals surface area (Å²) in [6, 6.07) is 4.64. The Bertz CT molecular complexity index is 770. The number of carbonyl (C=O) groups is 1. The number of hydrogen-bond donors (Lipinski definition) is 0. The van der Waals surface area contributed by atoms with E-state index >= 15 is 0 Å². The zero-order valence-electron chi connectivity index (χ0n) is 21.2. The molecular weight excluding hydrogens is 425 g/mol. The highest BCUT2D eigenvalue weighted by Gasteiger charge is 2.37. The van der Waals surface area contributed by atoms with Gasteiger partial charge in [-0.15, -0.1) is 0 Å². The highest BCUT2D eigenvalue weighted by Crippen LogP contribution is 2.36. The Kier molecular flexibility index (Phi) is 8.79. The molecule has 0 bridgehead atoms. The van der Waals surface area contributed by atoms with Crippen molar-refractivity contribution in [3.8, 4) is 5.75 Å². The van der Waals surface area contributed by atoms with Gasteiger partial charge in [0, 0.05) is 19.2 Å². The molecule has 1 atom stereocenters. The van der Waals surface area contributed by atoms with Crippen molar-refractivity contribution < 1.29 is 23.1 Å². The number of aryl methyl sites for hydroxylation is 1. The van der Waals surface area contributed by atoms with Crippen LogP contribution in [-0.2, 0) is 15.6 Å². The number of likely N-dealkylation sites (tertiary alicyclic amines) is 1. The van der Waals surface area contributed by atoms with Crippen molar-refractivity contribution in [1.82, 2.24) is 4.90 Å². The zero-order chi connectivity index (χ0) is 24.2. The predicted octanol–water partition coefficient (Wildman–Crippen LogP) is 6.56. The first-order valence-electron chi connectivity index (χ1n) is 11.7. The van der Waals surface area contributed by atoms with Crippen LogP contribution in [0.2, 0.25) is 18.1 Å². The van der Waals surface area contributed by atoms with Crippen LogP contribution in [0.3, 0.4) is 0 Å². The smallest absolute Gasteiger partial charge is 0.410 e. The largest absolute Gasteiger partial charge is 0.491 e. The molecule has 1 aromatic rings.